The fourth-order valence-electron chi connectivity index (χ4n) is 3.44. The second-order valence-corrected chi connectivity index (χ2v) is 8.90. The maximum absolute atomic E-state index is 14.9. The number of hydrogen-bond donors (Lipinski definition) is 3. The van der Waals surface area contributed by atoms with Gasteiger partial charge in [-0.2, -0.15) is 5.10 Å². The molecule has 0 unspecified atom stereocenters. The number of aromatic nitrogens is 6. The zero-order valence-electron chi connectivity index (χ0n) is 17.9. The fourth-order valence-corrected chi connectivity index (χ4v) is 4.28. The molecule has 8 nitrogen and oxygen atoms in total. The topological polar surface area (TPSA) is 112 Å². The number of aromatic amines is 2. The van der Waals surface area contributed by atoms with E-state index in [2.05, 4.69) is 35.5 Å². The molecule has 0 saturated carbocycles. The molecule has 5 aromatic rings. The van der Waals surface area contributed by atoms with Gasteiger partial charge in [0.1, 0.15) is 22.0 Å². The third-order valence-corrected chi connectivity index (χ3v) is 6.50. The normalized spacial score (nSPS) is 11.4. The van der Waals surface area contributed by atoms with Gasteiger partial charge in [0.25, 0.3) is 5.91 Å². The molecule has 3 N–H and O–H groups in total. The minimum atomic E-state index is -0.407. The summed E-state index contributed by atoms with van der Waals surface area (Å²) in [5.41, 5.74) is 3.87. The maximum Gasteiger partial charge on any atom is 0.263 e. The number of carbonyl (C=O) groups excluding carboxylic acids is 1. The Labute approximate surface area is 192 Å². The van der Waals surface area contributed by atoms with Crippen molar-refractivity contribution >= 4 is 28.4 Å². The zero-order chi connectivity index (χ0) is 22.9. The Bertz CT molecular complexity index is 1440. The molecule has 1 aromatic carbocycles. The van der Waals surface area contributed by atoms with Gasteiger partial charge in [-0.3, -0.25) is 9.89 Å². The number of pyridine rings is 1. The molecule has 0 saturated heterocycles. The summed E-state index contributed by atoms with van der Waals surface area (Å²) >= 11 is 1.35. The molecular formula is C23H20FN7OS. The van der Waals surface area contributed by atoms with E-state index in [1.54, 1.807) is 36.9 Å². The average molecular weight is 462 g/mol. The van der Waals surface area contributed by atoms with Crippen molar-refractivity contribution in [2.75, 3.05) is 0 Å². The van der Waals surface area contributed by atoms with Gasteiger partial charge in [0.15, 0.2) is 5.65 Å². The van der Waals surface area contributed by atoms with Crippen LogP contribution in [0.5, 0.6) is 0 Å². The van der Waals surface area contributed by atoms with Gasteiger partial charge in [-0.15, -0.1) is 11.3 Å². The third kappa shape index (κ3) is 4.12. The summed E-state index contributed by atoms with van der Waals surface area (Å²) < 4.78 is 14.9. The molecule has 0 spiro atoms. The highest BCUT2D eigenvalue weighted by molar-refractivity contribution is 7.13. The van der Waals surface area contributed by atoms with Crippen molar-refractivity contribution < 1.29 is 9.18 Å². The highest BCUT2D eigenvalue weighted by Gasteiger charge is 2.15. The first-order valence-corrected chi connectivity index (χ1v) is 11.2. The highest BCUT2D eigenvalue weighted by Crippen LogP contribution is 2.29. The molecule has 166 valence electrons. The lowest BCUT2D eigenvalue weighted by atomic mass is 10.0. The van der Waals surface area contributed by atoms with E-state index in [4.69, 9.17) is 0 Å². The van der Waals surface area contributed by atoms with Crippen molar-refractivity contribution in [1.29, 1.82) is 0 Å². The molecule has 5 rings (SSSR count). The standard InChI is InChI=1S/C23H20FN7OS/c1-12(2)23-27-11-18(33-23)22(32)26-8-14-4-3-13(7-17(14)24)16-5-6-25-21-19(16)30-20(31-21)15-9-28-29-10-15/h3-7,9-12H,8H2,1-2H3,(H,26,32)(H,28,29)(H,25,30,31). The lowest BCUT2D eigenvalue weighted by molar-refractivity contribution is 0.0954. The van der Waals surface area contributed by atoms with Crippen LogP contribution in [0.15, 0.2) is 49.1 Å². The molecule has 4 heterocycles. The van der Waals surface area contributed by atoms with Gasteiger partial charge in [-0.25, -0.2) is 19.3 Å². The number of nitrogens with one attached hydrogen (secondary N) is 3. The van der Waals surface area contributed by atoms with Crippen LogP contribution in [-0.2, 0) is 6.54 Å². The molecule has 4 aromatic heterocycles. The first-order valence-electron chi connectivity index (χ1n) is 10.4. The van der Waals surface area contributed by atoms with Crippen molar-refractivity contribution in [1.82, 2.24) is 35.5 Å². The number of H-pyrrole nitrogens is 2. The SMILES string of the molecule is CC(C)c1ncc(C(=O)NCc2ccc(-c3ccnc4[nH]c(-c5cn[nH]c5)nc34)cc2F)s1. The van der Waals surface area contributed by atoms with Crippen molar-refractivity contribution in [2.24, 2.45) is 0 Å². The minimum Gasteiger partial charge on any atom is -0.347 e. The molecular weight excluding hydrogens is 441 g/mol. The summed E-state index contributed by atoms with van der Waals surface area (Å²) in [7, 11) is 0. The van der Waals surface area contributed by atoms with E-state index in [9.17, 15) is 9.18 Å². The molecule has 10 heteroatoms. The van der Waals surface area contributed by atoms with E-state index in [0.717, 1.165) is 16.1 Å². The van der Waals surface area contributed by atoms with Gasteiger partial charge < -0.3 is 10.3 Å². The second kappa shape index (κ2) is 8.55. The monoisotopic (exact) mass is 461 g/mol. The smallest absolute Gasteiger partial charge is 0.263 e. The van der Waals surface area contributed by atoms with E-state index in [0.29, 0.717) is 33.0 Å². The molecule has 0 aliphatic carbocycles. The van der Waals surface area contributed by atoms with E-state index >= 15 is 0 Å². The Balaban J connectivity index is 1.36. The molecule has 0 bridgehead atoms. The number of carbonyl (C=O) groups is 1. The Kier molecular flexibility index (Phi) is 5.43. The molecule has 0 radical (unpaired) electrons. The third-order valence-electron chi connectivity index (χ3n) is 5.20. The molecule has 0 aliphatic rings. The number of thiazole rings is 1. The summed E-state index contributed by atoms with van der Waals surface area (Å²) in [5, 5.41) is 10.4. The van der Waals surface area contributed by atoms with E-state index in [1.165, 1.54) is 17.4 Å². The summed E-state index contributed by atoms with van der Waals surface area (Å²) in [6.45, 7) is 4.13. The fraction of sp³-hybridized carbons (Fsp3) is 0.174. The van der Waals surface area contributed by atoms with Crippen molar-refractivity contribution in [3.63, 3.8) is 0 Å². The predicted molar refractivity (Wildman–Crippen MR) is 124 cm³/mol. The lowest BCUT2D eigenvalue weighted by Crippen LogP contribution is -2.22. The highest BCUT2D eigenvalue weighted by atomic mass is 32.1. The van der Waals surface area contributed by atoms with Crippen LogP contribution in [0.25, 0.3) is 33.7 Å². The van der Waals surface area contributed by atoms with Gasteiger partial charge in [-0.05, 0) is 17.7 Å². The van der Waals surface area contributed by atoms with Crippen molar-refractivity contribution in [3.05, 3.63) is 70.3 Å². The van der Waals surface area contributed by atoms with Gasteiger partial charge in [0.2, 0.25) is 0 Å². The number of imidazole rings is 1. The maximum atomic E-state index is 14.9. The zero-order valence-corrected chi connectivity index (χ0v) is 18.7. The molecule has 0 fully saturated rings. The molecule has 33 heavy (non-hydrogen) atoms. The van der Waals surface area contributed by atoms with Crippen molar-refractivity contribution in [3.8, 4) is 22.5 Å². The van der Waals surface area contributed by atoms with Gasteiger partial charge in [0.05, 0.1) is 23.0 Å². The number of hydrogen-bond acceptors (Lipinski definition) is 6. The summed E-state index contributed by atoms with van der Waals surface area (Å²) in [6.07, 6.45) is 6.61. The summed E-state index contributed by atoms with van der Waals surface area (Å²) in [6, 6.07) is 6.74. The quantitative estimate of drug-likeness (QED) is 0.340. The van der Waals surface area contributed by atoms with Crippen LogP contribution in [0, 0.1) is 5.82 Å². The van der Waals surface area contributed by atoms with Crippen molar-refractivity contribution in [2.45, 2.75) is 26.3 Å². The van der Waals surface area contributed by atoms with E-state index in [1.807, 2.05) is 19.9 Å². The van der Waals surface area contributed by atoms with Gasteiger partial charge >= 0.3 is 0 Å². The van der Waals surface area contributed by atoms with Crippen LogP contribution >= 0.6 is 11.3 Å². The first kappa shape index (κ1) is 21.0. The Hall–Kier alpha value is -3.92. The number of amides is 1. The lowest BCUT2D eigenvalue weighted by Gasteiger charge is -2.08. The molecule has 1 amide bonds. The van der Waals surface area contributed by atoms with Gasteiger partial charge in [-0.1, -0.05) is 26.0 Å². The number of fused-ring (bicyclic) bond motifs is 1. The Morgan fingerprint density at radius 1 is 1.18 bits per heavy atom. The van der Waals surface area contributed by atoms with Gasteiger partial charge in [0, 0.05) is 36.0 Å². The Morgan fingerprint density at radius 3 is 2.79 bits per heavy atom. The number of nitrogens with zero attached hydrogens (tertiary/aromatic N) is 4. The van der Waals surface area contributed by atoms with Crippen LogP contribution < -0.4 is 5.32 Å². The van der Waals surface area contributed by atoms with E-state index < -0.39 is 5.82 Å². The van der Waals surface area contributed by atoms with Crippen LogP contribution in [0.1, 0.15) is 40.0 Å². The largest absolute Gasteiger partial charge is 0.347 e. The number of rotatable bonds is 6. The Morgan fingerprint density at radius 2 is 2.06 bits per heavy atom. The summed E-state index contributed by atoms with van der Waals surface area (Å²) in [4.78, 5) is 29.3. The molecule has 0 atom stereocenters. The summed E-state index contributed by atoms with van der Waals surface area (Å²) in [5.74, 6) is 0.214. The van der Waals surface area contributed by atoms with E-state index in [-0.39, 0.29) is 18.4 Å². The second-order valence-electron chi connectivity index (χ2n) is 7.83. The number of benzene rings is 1. The minimum absolute atomic E-state index is 0.0820. The predicted octanol–water partition coefficient (Wildman–Crippen LogP) is 4.66. The van der Waals surface area contributed by atoms with Crippen LogP contribution in [-0.4, -0.2) is 36.0 Å². The number of halogens is 1. The van der Waals surface area contributed by atoms with Crippen LogP contribution in [0.4, 0.5) is 4.39 Å². The first-order chi connectivity index (χ1) is 16.0. The molecule has 0 aliphatic heterocycles. The van der Waals surface area contributed by atoms with Crippen LogP contribution in [0.3, 0.4) is 0 Å². The average Bonchev–Trinajstić information content (AvgIpc) is 3.57. The van der Waals surface area contributed by atoms with Crippen LogP contribution in [0.2, 0.25) is 0 Å².